The minimum atomic E-state index is -0.621. The van der Waals surface area contributed by atoms with Crippen LogP contribution in [0.1, 0.15) is 29.2 Å². The van der Waals surface area contributed by atoms with Gasteiger partial charge >= 0.3 is 0 Å². The van der Waals surface area contributed by atoms with E-state index in [1.54, 1.807) is 7.11 Å². The number of aryl methyl sites for hydroxylation is 1. The van der Waals surface area contributed by atoms with Gasteiger partial charge in [0.15, 0.2) is 0 Å². The van der Waals surface area contributed by atoms with Crippen molar-refractivity contribution in [3.05, 3.63) is 63.1 Å². The van der Waals surface area contributed by atoms with Crippen LogP contribution in [0.5, 0.6) is 5.75 Å². The van der Waals surface area contributed by atoms with Gasteiger partial charge in [-0.05, 0) is 43.5 Å². The maximum atomic E-state index is 6.65. The van der Waals surface area contributed by atoms with Crippen LogP contribution in [-0.2, 0) is 5.54 Å². The van der Waals surface area contributed by atoms with E-state index in [1.165, 1.54) is 5.56 Å². The average molecular weight is 334 g/mol. The SMILES string of the molecule is COc1c(C(C)(N)c2ccccc2Br)ccc(C)c1C. The van der Waals surface area contributed by atoms with Crippen molar-refractivity contribution in [1.82, 2.24) is 0 Å². The first-order valence-corrected chi connectivity index (χ1v) is 7.37. The Kier molecular flexibility index (Phi) is 4.21. The van der Waals surface area contributed by atoms with Crippen molar-refractivity contribution in [2.45, 2.75) is 26.3 Å². The summed E-state index contributed by atoms with van der Waals surface area (Å²) in [4.78, 5) is 0. The first kappa shape index (κ1) is 15.1. The van der Waals surface area contributed by atoms with E-state index < -0.39 is 5.54 Å². The molecule has 0 saturated carbocycles. The monoisotopic (exact) mass is 333 g/mol. The molecule has 0 amide bonds. The molecule has 3 heteroatoms. The van der Waals surface area contributed by atoms with Gasteiger partial charge in [0.05, 0.1) is 12.6 Å². The highest BCUT2D eigenvalue weighted by molar-refractivity contribution is 9.10. The number of nitrogens with two attached hydrogens (primary N) is 1. The van der Waals surface area contributed by atoms with E-state index in [9.17, 15) is 0 Å². The van der Waals surface area contributed by atoms with E-state index in [0.29, 0.717) is 0 Å². The largest absolute Gasteiger partial charge is 0.496 e. The maximum absolute atomic E-state index is 6.65. The molecule has 0 aliphatic carbocycles. The number of ether oxygens (including phenoxy) is 1. The van der Waals surface area contributed by atoms with Crippen molar-refractivity contribution in [1.29, 1.82) is 0 Å². The average Bonchev–Trinajstić information content (AvgIpc) is 2.41. The molecule has 1 atom stereocenters. The molecule has 2 aromatic carbocycles. The third kappa shape index (κ3) is 2.48. The van der Waals surface area contributed by atoms with Crippen LogP contribution < -0.4 is 10.5 Å². The fraction of sp³-hybridized carbons (Fsp3) is 0.294. The lowest BCUT2D eigenvalue weighted by atomic mass is 9.83. The number of methoxy groups -OCH3 is 1. The van der Waals surface area contributed by atoms with Crippen LogP contribution >= 0.6 is 15.9 Å². The number of benzene rings is 2. The lowest BCUT2D eigenvalue weighted by Gasteiger charge is -2.30. The molecule has 0 bridgehead atoms. The summed E-state index contributed by atoms with van der Waals surface area (Å²) in [6.07, 6.45) is 0. The van der Waals surface area contributed by atoms with Crippen molar-refractivity contribution in [2.24, 2.45) is 5.73 Å². The van der Waals surface area contributed by atoms with E-state index >= 15 is 0 Å². The molecular formula is C17H20BrNO. The minimum absolute atomic E-state index is 0.621. The Morgan fingerprint density at radius 1 is 1.05 bits per heavy atom. The van der Waals surface area contributed by atoms with Gasteiger partial charge in [0.25, 0.3) is 0 Å². The predicted molar refractivity (Wildman–Crippen MR) is 87.3 cm³/mol. The van der Waals surface area contributed by atoms with Crippen LogP contribution in [0.3, 0.4) is 0 Å². The molecule has 0 aliphatic heterocycles. The van der Waals surface area contributed by atoms with Crippen molar-refractivity contribution in [2.75, 3.05) is 7.11 Å². The molecule has 2 rings (SSSR count). The van der Waals surface area contributed by atoms with Gasteiger partial charge in [-0.2, -0.15) is 0 Å². The van der Waals surface area contributed by atoms with Crippen molar-refractivity contribution < 1.29 is 4.74 Å². The molecule has 2 aromatic rings. The van der Waals surface area contributed by atoms with Crippen LogP contribution in [0.15, 0.2) is 40.9 Å². The van der Waals surface area contributed by atoms with Gasteiger partial charge in [-0.1, -0.05) is 46.3 Å². The number of hydrogen-bond donors (Lipinski definition) is 1. The van der Waals surface area contributed by atoms with Gasteiger partial charge in [-0.15, -0.1) is 0 Å². The maximum Gasteiger partial charge on any atom is 0.127 e. The Hall–Kier alpha value is -1.32. The normalized spacial score (nSPS) is 13.9. The smallest absolute Gasteiger partial charge is 0.127 e. The zero-order valence-corrected chi connectivity index (χ0v) is 13.9. The van der Waals surface area contributed by atoms with E-state index in [0.717, 1.165) is 26.9 Å². The Morgan fingerprint density at radius 3 is 2.30 bits per heavy atom. The summed E-state index contributed by atoms with van der Waals surface area (Å²) in [6.45, 7) is 6.15. The third-order valence-corrected chi connectivity index (χ3v) is 4.57. The molecule has 106 valence electrons. The van der Waals surface area contributed by atoms with Gasteiger partial charge in [-0.25, -0.2) is 0 Å². The van der Waals surface area contributed by atoms with Crippen LogP contribution in [0.25, 0.3) is 0 Å². The highest BCUT2D eigenvalue weighted by Gasteiger charge is 2.29. The molecular weight excluding hydrogens is 314 g/mol. The zero-order chi connectivity index (χ0) is 14.9. The van der Waals surface area contributed by atoms with Gasteiger partial charge in [0, 0.05) is 10.0 Å². The molecule has 0 spiro atoms. The van der Waals surface area contributed by atoms with Gasteiger partial charge < -0.3 is 10.5 Å². The highest BCUT2D eigenvalue weighted by atomic mass is 79.9. The van der Waals surface area contributed by atoms with Crippen molar-refractivity contribution in [3.8, 4) is 5.75 Å². The zero-order valence-electron chi connectivity index (χ0n) is 12.3. The second-order valence-electron chi connectivity index (χ2n) is 5.27. The summed E-state index contributed by atoms with van der Waals surface area (Å²) in [7, 11) is 1.70. The number of hydrogen-bond acceptors (Lipinski definition) is 2. The second kappa shape index (κ2) is 5.58. The molecule has 0 saturated heterocycles. The molecule has 0 fully saturated rings. The topological polar surface area (TPSA) is 35.2 Å². The molecule has 0 aromatic heterocycles. The first-order valence-electron chi connectivity index (χ1n) is 6.58. The molecule has 20 heavy (non-hydrogen) atoms. The fourth-order valence-corrected chi connectivity index (χ4v) is 3.19. The summed E-state index contributed by atoms with van der Waals surface area (Å²) in [5.41, 5.74) is 10.4. The molecule has 0 radical (unpaired) electrons. The van der Waals surface area contributed by atoms with Crippen LogP contribution in [0, 0.1) is 13.8 Å². The first-order chi connectivity index (χ1) is 9.39. The van der Waals surface area contributed by atoms with E-state index in [4.69, 9.17) is 10.5 Å². The minimum Gasteiger partial charge on any atom is -0.496 e. The number of rotatable bonds is 3. The summed E-state index contributed by atoms with van der Waals surface area (Å²) < 4.78 is 6.61. The van der Waals surface area contributed by atoms with Crippen molar-refractivity contribution in [3.63, 3.8) is 0 Å². The highest BCUT2D eigenvalue weighted by Crippen LogP contribution is 2.38. The third-order valence-electron chi connectivity index (χ3n) is 3.87. The lowest BCUT2D eigenvalue weighted by molar-refractivity contribution is 0.395. The summed E-state index contributed by atoms with van der Waals surface area (Å²) in [5.74, 6) is 0.866. The molecule has 2 N–H and O–H groups in total. The molecule has 0 aliphatic rings. The Morgan fingerprint density at radius 2 is 1.70 bits per heavy atom. The van der Waals surface area contributed by atoms with Crippen LogP contribution in [-0.4, -0.2) is 7.11 Å². The van der Waals surface area contributed by atoms with E-state index in [2.05, 4.69) is 41.9 Å². The van der Waals surface area contributed by atoms with Gasteiger partial charge in [0.2, 0.25) is 0 Å². The molecule has 1 unspecified atom stereocenters. The Balaban J connectivity index is 2.67. The van der Waals surface area contributed by atoms with Gasteiger partial charge in [0.1, 0.15) is 5.75 Å². The van der Waals surface area contributed by atoms with Crippen LogP contribution in [0.4, 0.5) is 0 Å². The van der Waals surface area contributed by atoms with Gasteiger partial charge in [-0.3, -0.25) is 0 Å². The Labute approximate surface area is 129 Å². The number of halogens is 1. The van der Waals surface area contributed by atoms with Crippen molar-refractivity contribution >= 4 is 15.9 Å². The van der Waals surface area contributed by atoms with E-state index in [1.807, 2.05) is 31.2 Å². The summed E-state index contributed by atoms with van der Waals surface area (Å²) in [6, 6.07) is 12.2. The summed E-state index contributed by atoms with van der Waals surface area (Å²) in [5, 5.41) is 0. The van der Waals surface area contributed by atoms with Crippen LogP contribution in [0.2, 0.25) is 0 Å². The fourth-order valence-electron chi connectivity index (χ4n) is 2.49. The molecule has 2 nitrogen and oxygen atoms in total. The second-order valence-corrected chi connectivity index (χ2v) is 6.12. The Bertz CT molecular complexity index is 635. The quantitative estimate of drug-likeness (QED) is 0.908. The predicted octanol–water partition coefficient (Wildman–Crippen LogP) is 4.30. The molecule has 0 heterocycles. The lowest BCUT2D eigenvalue weighted by Crippen LogP contribution is -2.35. The standard InChI is InChI=1S/C17H20BrNO/c1-11-9-10-14(16(20-4)12(11)2)17(3,19)13-7-5-6-8-15(13)18/h5-10H,19H2,1-4H3. The van der Waals surface area contributed by atoms with E-state index in [-0.39, 0.29) is 0 Å². The summed E-state index contributed by atoms with van der Waals surface area (Å²) >= 11 is 3.59.